The molecular formula is C10H15NO2S. The highest BCUT2D eigenvalue weighted by Gasteiger charge is 2.17. The van der Waals surface area contributed by atoms with Crippen molar-refractivity contribution in [3.8, 4) is 0 Å². The molecule has 1 heterocycles. The molecule has 0 saturated carbocycles. The standard InChI is InChI=1S/C10H15NO2S/c1-8(9-5-4-6-14-9)11(2)10(12)7-13-3/h4-6,8H,7H2,1-3H3. The van der Waals surface area contributed by atoms with E-state index in [0.29, 0.717) is 0 Å². The Bertz CT molecular complexity index is 284. The van der Waals surface area contributed by atoms with Crippen LogP contribution in [0.25, 0.3) is 0 Å². The maximum atomic E-state index is 11.5. The Balaban J connectivity index is 2.61. The van der Waals surface area contributed by atoms with E-state index >= 15 is 0 Å². The number of rotatable bonds is 4. The number of thiophene rings is 1. The average Bonchev–Trinajstić information content (AvgIpc) is 2.68. The van der Waals surface area contributed by atoms with E-state index in [1.54, 1.807) is 23.3 Å². The molecule has 3 nitrogen and oxygen atoms in total. The van der Waals surface area contributed by atoms with Crippen LogP contribution >= 0.6 is 11.3 Å². The number of methoxy groups -OCH3 is 1. The van der Waals surface area contributed by atoms with Crippen LogP contribution in [0.2, 0.25) is 0 Å². The van der Waals surface area contributed by atoms with Crippen LogP contribution in [0, 0.1) is 0 Å². The molecule has 78 valence electrons. The van der Waals surface area contributed by atoms with Crippen molar-refractivity contribution in [2.75, 3.05) is 20.8 Å². The lowest BCUT2D eigenvalue weighted by Crippen LogP contribution is -2.32. The molecule has 14 heavy (non-hydrogen) atoms. The fraction of sp³-hybridized carbons (Fsp3) is 0.500. The summed E-state index contributed by atoms with van der Waals surface area (Å²) in [6.45, 7) is 2.16. The maximum Gasteiger partial charge on any atom is 0.248 e. The van der Waals surface area contributed by atoms with Crippen molar-refractivity contribution in [2.24, 2.45) is 0 Å². The molecule has 1 atom stereocenters. The number of amides is 1. The largest absolute Gasteiger partial charge is 0.375 e. The van der Waals surface area contributed by atoms with Gasteiger partial charge in [-0.1, -0.05) is 6.07 Å². The number of hydrogen-bond acceptors (Lipinski definition) is 3. The fourth-order valence-corrected chi connectivity index (χ4v) is 1.99. The molecule has 0 aromatic carbocycles. The summed E-state index contributed by atoms with van der Waals surface area (Å²) >= 11 is 1.66. The molecule has 0 aliphatic carbocycles. The molecular weight excluding hydrogens is 198 g/mol. The van der Waals surface area contributed by atoms with Crippen LogP contribution in [0.3, 0.4) is 0 Å². The second-order valence-electron chi connectivity index (χ2n) is 3.13. The summed E-state index contributed by atoms with van der Waals surface area (Å²) in [5.41, 5.74) is 0. The van der Waals surface area contributed by atoms with Crippen LogP contribution in [0.4, 0.5) is 0 Å². The minimum Gasteiger partial charge on any atom is -0.375 e. The zero-order chi connectivity index (χ0) is 10.6. The summed E-state index contributed by atoms with van der Waals surface area (Å²) in [5, 5.41) is 2.01. The van der Waals surface area contributed by atoms with Crippen LogP contribution < -0.4 is 0 Å². The van der Waals surface area contributed by atoms with E-state index in [4.69, 9.17) is 4.74 Å². The highest BCUT2D eigenvalue weighted by Crippen LogP contribution is 2.23. The van der Waals surface area contributed by atoms with E-state index in [1.165, 1.54) is 12.0 Å². The topological polar surface area (TPSA) is 29.5 Å². The summed E-state index contributed by atoms with van der Waals surface area (Å²) < 4.78 is 4.80. The summed E-state index contributed by atoms with van der Waals surface area (Å²) in [6.07, 6.45) is 0. The summed E-state index contributed by atoms with van der Waals surface area (Å²) in [5.74, 6) is 0.00778. The van der Waals surface area contributed by atoms with Gasteiger partial charge in [0.05, 0.1) is 6.04 Å². The average molecular weight is 213 g/mol. The second kappa shape index (κ2) is 5.12. The summed E-state index contributed by atoms with van der Waals surface area (Å²) in [7, 11) is 3.33. The Morgan fingerprint density at radius 2 is 2.43 bits per heavy atom. The Morgan fingerprint density at radius 3 is 2.93 bits per heavy atom. The van der Waals surface area contributed by atoms with Crippen molar-refractivity contribution in [1.82, 2.24) is 4.90 Å². The third kappa shape index (κ3) is 2.56. The fourth-order valence-electron chi connectivity index (χ4n) is 1.16. The van der Waals surface area contributed by atoms with E-state index in [-0.39, 0.29) is 18.6 Å². The minimum absolute atomic E-state index is 0.00778. The van der Waals surface area contributed by atoms with Crippen LogP contribution in [0.15, 0.2) is 17.5 Å². The van der Waals surface area contributed by atoms with Gasteiger partial charge in [0.15, 0.2) is 0 Å². The molecule has 0 spiro atoms. The molecule has 0 aliphatic heterocycles. The molecule has 0 radical (unpaired) electrons. The Morgan fingerprint density at radius 1 is 1.71 bits per heavy atom. The molecule has 4 heteroatoms. The third-order valence-electron chi connectivity index (χ3n) is 2.20. The number of ether oxygens (including phenoxy) is 1. The SMILES string of the molecule is COCC(=O)N(C)C(C)c1cccs1. The smallest absolute Gasteiger partial charge is 0.248 e. The first-order chi connectivity index (χ1) is 6.66. The first-order valence-corrected chi connectivity index (χ1v) is 5.32. The summed E-state index contributed by atoms with van der Waals surface area (Å²) in [6, 6.07) is 4.15. The van der Waals surface area contributed by atoms with Crippen LogP contribution in [-0.2, 0) is 9.53 Å². The van der Waals surface area contributed by atoms with Crippen LogP contribution in [0.5, 0.6) is 0 Å². The van der Waals surface area contributed by atoms with E-state index in [0.717, 1.165) is 0 Å². The van der Waals surface area contributed by atoms with Crippen molar-refractivity contribution >= 4 is 17.2 Å². The molecule has 1 amide bonds. The molecule has 0 N–H and O–H groups in total. The molecule has 0 aliphatic rings. The van der Waals surface area contributed by atoms with Gasteiger partial charge in [0.1, 0.15) is 6.61 Å². The number of carbonyl (C=O) groups excluding carboxylic acids is 1. The summed E-state index contributed by atoms with van der Waals surface area (Å²) in [4.78, 5) is 14.4. The molecule has 1 rings (SSSR count). The maximum absolute atomic E-state index is 11.5. The third-order valence-corrected chi connectivity index (χ3v) is 3.24. The second-order valence-corrected chi connectivity index (χ2v) is 4.11. The molecule has 1 aromatic heterocycles. The first kappa shape index (κ1) is 11.2. The van der Waals surface area contributed by atoms with Gasteiger partial charge in [-0.05, 0) is 18.4 Å². The lowest BCUT2D eigenvalue weighted by Gasteiger charge is -2.23. The normalized spacial score (nSPS) is 12.5. The molecule has 0 fully saturated rings. The van der Waals surface area contributed by atoms with Gasteiger partial charge in [0, 0.05) is 19.0 Å². The zero-order valence-corrected chi connectivity index (χ0v) is 9.50. The molecule has 0 bridgehead atoms. The Hall–Kier alpha value is -0.870. The highest BCUT2D eigenvalue weighted by atomic mass is 32.1. The molecule has 0 saturated heterocycles. The molecule has 1 aromatic rings. The van der Waals surface area contributed by atoms with Gasteiger partial charge in [0.2, 0.25) is 5.91 Å². The van der Waals surface area contributed by atoms with E-state index in [9.17, 15) is 4.79 Å². The minimum atomic E-state index is 0.00778. The number of carbonyl (C=O) groups is 1. The molecule has 1 unspecified atom stereocenters. The van der Waals surface area contributed by atoms with Gasteiger partial charge < -0.3 is 9.64 Å². The number of nitrogens with zero attached hydrogens (tertiary/aromatic N) is 1. The van der Waals surface area contributed by atoms with Crippen molar-refractivity contribution in [3.05, 3.63) is 22.4 Å². The van der Waals surface area contributed by atoms with Crippen molar-refractivity contribution in [3.63, 3.8) is 0 Å². The van der Waals surface area contributed by atoms with Gasteiger partial charge in [-0.3, -0.25) is 4.79 Å². The van der Waals surface area contributed by atoms with Gasteiger partial charge in [-0.25, -0.2) is 0 Å². The zero-order valence-electron chi connectivity index (χ0n) is 8.69. The number of hydrogen-bond donors (Lipinski definition) is 0. The lowest BCUT2D eigenvalue weighted by atomic mass is 10.2. The lowest BCUT2D eigenvalue weighted by molar-refractivity contribution is -0.135. The van der Waals surface area contributed by atoms with Crippen LogP contribution in [0.1, 0.15) is 17.8 Å². The van der Waals surface area contributed by atoms with Gasteiger partial charge in [-0.15, -0.1) is 11.3 Å². The monoisotopic (exact) mass is 213 g/mol. The van der Waals surface area contributed by atoms with Gasteiger partial charge in [0.25, 0.3) is 0 Å². The van der Waals surface area contributed by atoms with E-state index < -0.39 is 0 Å². The Kier molecular flexibility index (Phi) is 4.10. The number of likely N-dealkylation sites (N-methyl/N-ethyl adjacent to an activating group) is 1. The first-order valence-electron chi connectivity index (χ1n) is 4.44. The van der Waals surface area contributed by atoms with Gasteiger partial charge in [-0.2, -0.15) is 0 Å². The highest BCUT2D eigenvalue weighted by molar-refractivity contribution is 7.10. The van der Waals surface area contributed by atoms with Crippen LogP contribution in [-0.4, -0.2) is 31.6 Å². The van der Waals surface area contributed by atoms with Crippen molar-refractivity contribution in [2.45, 2.75) is 13.0 Å². The van der Waals surface area contributed by atoms with Crippen molar-refractivity contribution < 1.29 is 9.53 Å². The van der Waals surface area contributed by atoms with E-state index in [1.807, 2.05) is 24.4 Å². The predicted octanol–water partition coefficient (Wildman–Crippen LogP) is 1.91. The van der Waals surface area contributed by atoms with Crippen molar-refractivity contribution in [1.29, 1.82) is 0 Å². The van der Waals surface area contributed by atoms with E-state index in [2.05, 4.69) is 0 Å². The Labute approximate surface area is 88.3 Å². The van der Waals surface area contributed by atoms with Gasteiger partial charge >= 0.3 is 0 Å². The predicted molar refractivity (Wildman–Crippen MR) is 57.4 cm³/mol. The quantitative estimate of drug-likeness (QED) is 0.764.